The number of rotatable bonds is 4. The van der Waals surface area contributed by atoms with E-state index in [4.69, 9.17) is 11.6 Å². The number of aryl methyl sites for hydroxylation is 1. The van der Waals surface area contributed by atoms with Crippen molar-refractivity contribution >= 4 is 11.6 Å². The maximum absolute atomic E-state index is 6.22. The molecular formula is C13H15ClN4. The van der Waals surface area contributed by atoms with Crippen LogP contribution in [0.25, 0.3) is 11.3 Å². The Kier molecular flexibility index (Phi) is 3.06. The Morgan fingerprint density at radius 2 is 2.28 bits per heavy atom. The molecule has 0 unspecified atom stereocenters. The first kappa shape index (κ1) is 11.7. The van der Waals surface area contributed by atoms with E-state index in [2.05, 4.69) is 21.7 Å². The number of benzene rings is 1. The minimum Gasteiger partial charge on any atom is -0.310 e. The first-order valence-electron chi connectivity index (χ1n) is 6.11. The molecule has 0 radical (unpaired) electrons. The Morgan fingerprint density at radius 1 is 1.44 bits per heavy atom. The average Bonchev–Trinajstić information content (AvgIpc) is 3.10. The molecule has 0 bridgehead atoms. The molecular weight excluding hydrogens is 248 g/mol. The molecule has 1 aromatic heterocycles. The van der Waals surface area contributed by atoms with Gasteiger partial charge < -0.3 is 5.32 Å². The Bertz CT molecular complexity index is 560. The predicted molar refractivity (Wildman–Crippen MR) is 71.3 cm³/mol. The highest BCUT2D eigenvalue weighted by Crippen LogP contribution is 2.26. The zero-order valence-electron chi connectivity index (χ0n) is 10.2. The average molecular weight is 263 g/mol. The minimum absolute atomic E-state index is 0.683. The van der Waals surface area contributed by atoms with E-state index in [0.717, 1.165) is 28.4 Å². The van der Waals surface area contributed by atoms with Crippen LogP contribution in [0.5, 0.6) is 0 Å². The summed E-state index contributed by atoms with van der Waals surface area (Å²) in [7, 11) is 1.89. The summed E-state index contributed by atoms with van der Waals surface area (Å²) in [6, 6.07) is 6.73. The number of hydrogen-bond donors (Lipinski definition) is 1. The monoisotopic (exact) mass is 262 g/mol. The van der Waals surface area contributed by atoms with Gasteiger partial charge in [-0.15, -0.1) is 5.10 Å². The zero-order chi connectivity index (χ0) is 12.5. The smallest absolute Gasteiger partial charge is 0.0882 e. The number of nitrogens with one attached hydrogen (secondary N) is 1. The summed E-state index contributed by atoms with van der Waals surface area (Å²) in [5.74, 6) is 0. The Balaban J connectivity index is 1.87. The highest BCUT2D eigenvalue weighted by atomic mass is 35.5. The fraction of sp³-hybridized carbons (Fsp3) is 0.385. The summed E-state index contributed by atoms with van der Waals surface area (Å²) in [5.41, 5.74) is 3.22. The molecule has 1 aliphatic rings. The molecule has 3 rings (SSSR count). The molecule has 1 N–H and O–H groups in total. The number of halogens is 1. The predicted octanol–water partition coefficient (Wildman–Crippen LogP) is 2.39. The van der Waals surface area contributed by atoms with E-state index >= 15 is 0 Å². The van der Waals surface area contributed by atoms with Crippen molar-refractivity contribution in [3.05, 3.63) is 35.0 Å². The fourth-order valence-corrected chi connectivity index (χ4v) is 2.15. The third-order valence-corrected chi connectivity index (χ3v) is 3.58. The molecule has 0 atom stereocenters. The van der Waals surface area contributed by atoms with E-state index in [1.807, 2.05) is 19.2 Å². The molecule has 1 aliphatic carbocycles. The van der Waals surface area contributed by atoms with Crippen molar-refractivity contribution in [2.24, 2.45) is 7.05 Å². The van der Waals surface area contributed by atoms with E-state index in [0.29, 0.717) is 6.04 Å². The summed E-state index contributed by atoms with van der Waals surface area (Å²) < 4.78 is 1.77. The molecule has 1 heterocycles. The molecule has 1 aromatic carbocycles. The van der Waals surface area contributed by atoms with Gasteiger partial charge in [0.2, 0.25) is 0 Å². The van der Waals surface area contributed by atoms with Gasteiger partial charge in [0.15, 0.2) is 0 Å². The van der Waals surface area contributed by atoms with Crippen LogP contribution in [-0.4, -0.2) is 21.0 Å². The molecule has 94 valence electrons. The van der Waals surface area contributed by atoms with Crippen LogP contribution in [0.3, 0.4) is 0 Å². The number of nitrogens with zero attached hydrogens (tertiary/aromatic N) is 3. The van der Waals surface area contributed by atoms with Crippen molar-refractivity contribution in [2.75, 3.05) is 0 Å². The molecule has 1 fully saturated rings. The van der Waals surface area contributed by atoms with Gasteiger partial charge in [-0.3, -0.25) is 0 Å². The molecule has 0 saturated heterocycles. The molecule has 1 saturated carbocycles. The van der Waals surface area contributed by atoms with Gasteiger partial charge >= 0.3 is 0 Å². The van der Waals surface area contributed by atoms with Crippen molar-refractivity contribution in [1.82, 2.24) is 20.3 Å². The minimum atomic E-state index is 0.683. The van der Waals surface area contributed by atoms with Crippen molar-refractivity contribution in [3.8, 4) is 11.3 Å². The Hall–Kier alpha value is -1.39. The van der Waals surface area contributed by atoms with Gasteiger partial charge in [-0.2, -0.15) is 0 Å². The van der Waals surface area contributed by atoms with Crippen molar-refractivity contribution in [3.63, 3.8) is 0 Å². The largest absolute Gasteiger partial charge is 0.310 e. The second kappa shape index (κ2) is 4.71. The Morgan fingerprint density at radius 3 is 2.94 bits per heavy atom. The van der Waals surface area contributed by atoms with Gasteiger partial charge in [-0.05, 0) is 30.5 Å². The van der Waals surface area contributed by atoms with Gasteiger partial charge in [0, 0.05) is 30.2 Å². The van der Waals surface area contributed by atoms with Gasteiger partial charge in [0.05, 0.1) is 11.9 Å². The topological polar surface area (TPSA) is 42.7 Å². The quantitative estimate of drug-likeness (QED) is 0.920. The zero-order valence-corrected chi connectivity index (χ0v) is 11.0. The van der Waals surface area contributed by atoms with Crippen molar-refractivity contribution in [2.45, 2.75) is 25.4 Å². The lowest BCUT2D eigenvalue weighted by Gasteiger charge is -2.08. The molecule has 0 amide bonds. The van der Waals surface area contributed by atoms with Crippen LogP contribution in [-0.2, 0) is 13.6 Å². The standard InChI is InChI=1S/C13H15ClN4/c1-18-13(8-16-17-18)9-2-5-12(14)10(6-9)7-15-11-3-4-11/h2,5-6,8,11,15H,3-4,7H2,1H3. The third kappa shape index (κ3) is 2.40. The van der Waals surface area contributed by atoms with Crippen LogP contribution < -0.4 is 5.32 Å². The summed E-state index contributed by atoms with van der Waals surface area (Å²) in [6.45, 7) is 0.822. The first-order chi connectivity index (χ1) is 8.74. The van der Waals surface area contributed by atoms with Gasteiger partial charge in [0.25, 0.3) is 0 Å². The normalized spacial score (nSPS) is 15.0. The molecule has 5 heteroatoms. The number of hydrogen-bond acceptors (Lipinski definition) is 3. The van der Waals surface area contributed by atoms with Crippen LogP contribution in [0.4, 0.5) is 0 Å². The van der Waals surface area contributed by atoms with E-state index in [1.165, 1.54) is 12.8 Å². The lowest BCUT2D eigenvalue weighted by molar-refractivity contribution is 0.687. The summed E-state index contributed by atoms with van der Waals surface area (Å²) in [6.07, 6.45) is 4.33. The van der Waals surface area contributed by atoms with E-state index in [9.17, 15) is 0 Å². The second-order valence-corrected chi connectivity index (χ2v) is 5.11. The maximum atomic E-state index is 6.22. The van der Waals surface area contributed by atoms with Crippen LogP contribution >= 0.6 is 11.6 Å². The number of aromatic nitrogens is 3. The van der Waals surface area contributed by atoms with Crippen LogP contribution in [0, 0.1) is 0 Å². The maximum Gasteiger partial charge on any atom is 0.0882 e. The SMILES string of the molecule is Cn1nncc1-c1ccc(Cl)c(CNC2CC2)c1. The van der Waals surface area contributed by atoms with Gasteiger partial charge in [0.1, 0.15) is 0 Å². The highest BCUT2D eigenvalue weighted by Gasteiger charge is 2.20. The summed E-state index contributed by atoms with van der Waals surface area (Å²) in [5, 5.41) is 12.1. The second-order valence-electron chi connectivity index (χ2n) is 4.70. The van der Waals surface area contributed by atoms with E-state index in [-0.39, 0.29) is 0 Å². The molecule has 0 spiro atoms. The first-order valence-corrected chi connectivity index (χ1v) is 6.48. The van der Waals surface area contributed by atoms with Crippen LogP contribution in [0.15, 0.2) is 24.4 Å². The third-order valence-electron chi connectivity index (χ3n) is 3.21. The van der Waals surface area contributed by atoms with Crippen LogP contribution in [0.2, 0.25) is 5.02 Å². The highest BCUT2D eigenvalue weighted by molar-refractivity contribution is 6.31. The lowest BCUT2D eigenvalue weighted by Crippen LogP contribution is -2.15. The molecule has 2 aromatic rings. The van der Waals surface area contributed by atoms with Gasteiger partial charge in [-0.1, -0.05) is 22.9 Å². The Labute approximate surface area is 111 Å². The van der Waals surface area contributed by atoms with E-state index in [1.54, 1.807) is 10.9 Å². The summed E-state index contributed by atoms with van der Waals surface area (Å²) in [4.78, 5) is 0. The van der Waals surface area contributed by atoms with Crippen LogP contribution in [0.1, 0.15) is 18.4 Å². The fourth-order valence-electron chi connectivity index (χ4n) is 1.96. The lowest BCUT2D eigenvalue weighted by atomic mass is 10.1. The van der Waals surface area contributed by atoms with E-state index < -0.39 is 0 Å². The summed E-state index contributed by atoms with van der Waals surface area (Å²) >= 11 is 6.22. The van der Waals surface area contributed by atoms with Gasteiger partial charge in [-0.25, -0.2) is 4.68 Å². The molecule has 0 aliphatic heterocycles. The van der Waals surface area contributed by atoms with Crippen molar-refractivity contribution in [1.29, 1.82) is 0 Å². The molecule has 18 heavy (non-hydrogen) atoms. The molecule has 4 nitrogen and oxygen atoms in total. The van der Waals surface area contributed by atoms with Crippen molar-refractivity contribution < 1.29 is 0 Å².